The number of aromatic hydroxyl groups is 1. The molecule has 3 N–H and O–H groups in total. The molecule has 0 aromatic heterocycles. The maximum absolute atomic E-state index is 12.7. The van der Waals surface area contributed by atoms with Crippen LogP contribution in [0.5, 0.6) is 5.75 Å². The van der Waals surface area contributed by atoms with E-state index in [2.05, 4.69) is 14.6 Å². The predicted molar refractivity (Wildman–Crippen MR) is 102 cm³/mol. The quantitative estimate of drug-likeness (QED) is 0.617. The van der Waals surface area contributed by atoms with E-state index in [-0.39, 0.29) is 23.5 Å². The van der Waals surface area contributed by atoms with E-state index in [9.17, 15) is 19.8 Å². The summed E-state index contributed by atoms with van der Waals surface area (Å²) in [6.07, 6.45) is 6.86. The monoisotopic (exact) mass is 361 g/mol. The molecule has 134 valence electrons. The van der Waals surface area contributed by atoms with Gasteiger partial charge < -0.3 is 15.5 Å². The molecule has 1 aromatic rings. The van der Waals surface area contributed by atoms with Crippen LogP contribution < -0.4 is 10.6 Å². The number of allylic oxidation sites excluding steroid dienone is 1. The van der Waals surface area contributed by atoms with Crippen molar-refractivity contribution in [3.63, 3.8) is 0 Å². The highest BCUT2D eigenvalue weighted by molar-refractivity contribution is 7.27. The fourth-order valence-electron chi connectivity index (χ4n) is 2.72. The summed E-state index contributed by atoms with van der Waals surface area (Å²) < 4.78 is 0. The standard InChI is InChI=1S/C19H24NO4P/c1-11-6-5-9-15(22)14(21)8-4-3-7-13-12(2)16(23)10-17(25)18(13)19(24)20-11/h3,5,7,9-11,14,21,23H,4,6,8,25H2,1-2H3,(H,20,24)/b7-3+,9-5-. The minimum atomic E-state index is -1.03. The third-order valence-electron chi connectivity index (χ3n) is 4.23. The van der Waals surface area contributed by atoms with Crippen LogP contribution in [0.3, 0.4) is 0 Å². The van der Waals surface area contributed by atoms with E-state index in [4.69, 9.17) is 0 Å². The molecule has 2 rings (SSSR count). The zero-order valence-electron chi connectivity index (χ0n) is 14.5. The molecule has 1 aromatic carbocycles. The molecule has 1 aliphatic rings. The molecule has 0 saturated carbocycles. The van der Waals surface area contributed by atoms with Crippen molar-refractivity contribution < 1.29 is 19.8 Å². The number of hydrogen-bond acceptors (Lipinski definition) is 4. The fraction of sp³-hybridized carbons (Fsp3) is 0.368. The number of aliphatic hydroxyl groups is 1. The van der Waals surface area contributed by atoms with Crippen LogP contribution in [0.25, 0.3) is 6.08 Å². The van der Waals surface area contributed by atoms with E-state index < -0.39 is 6.10 Å². The van der Waals surface area contributed by atoms with Crippen LogP contribution >= 0.6 is 9.24 Å². The van der Waals surface area contributed by atoms with E-state index in [0.717, 1.165) is 0 Å². The van der Waals surface area contributed by atoms with Crippen molar-refractivity contribution in [2.45, 2.75) is 45.3 Å². The number of rotatable bonds is 0. The summed E-state index contributed by atoms with van der Waals surface area (Å²) in [6.45, 7) is 3.60. The van der Waals surface area contributed by atoms with E-state index in [1.165, 1.54) is 6.08 Å². The van der Waals surface area contributed by atoms with Crippen molar-refractivity contribution in [1.29, 1.82) is 0 Å². The number of phenolic OH excluding ortho intramolecular Hbond substituents is 1. The van der Waals surface area contributed by atoms with Gasteiger partial charge in [0, 0.05) is 6.04 Å². The van der Waals surface area contributed by atoms with Crippen LogP contribution in [0, 0.1) is 6.92 Å². The molecule has 3 unspecified atom stereocenters. The van der Waals surface area contributed by atoms with Gasteiger partial charge in [-0.05, 0) is 61.7 Å². The topological polar surface area (TPSA) is 86.6 Å². The van der Waals surface area contributed by atoms with Crippen LogP contribution in [0.2, 0.25) is 0 Å². The summed E-state index contributed by atoms with van der Waals surface area (Å²) in [6, 6.07) is 1.38. The van der Waals surface area contributed by atoms with Gasteiger partial charge in [0.15, 0.2) is 5.78 Å². The zero-order valence-corrected chi connectivity index (χ0v) is 15.6. The summed E-state index contributed by atoms with van der Waals surface area (Å²) in [5.74, 6) is -0.434. The Morgan fingerprint density at radius 2 is 1.96 bits per heavy atom. The van der Waals surface area contributed by atoms with Gasteiger partial charge in [-0.15, -0.1) is 9.24 Å². The summed E-state index contributed by atoms with van der Waals surface area (Å²) in [4.78, 5) is 24.5. The minimum Gasteiger partial charge on any atom is -0.508 e. The summed E-state index contributed by atoms with van der Waals surface area (Å²) in [5, 5.41) is 23.5. The van der Waals surface area contributed by atoms with Gasteiger partial charge in [-0.3, -0.25) is 9.59 Å². The first-order chi connectivity index (χ1) is 11.8. The van der Waals surface area contributed by atoms with E-state index in [1.54, 1.807) is 31.2 Å². The molecule has 0 fully saturated rings. The number of hydrogen-bond donors (Lipinski definition) is 3. The van der Waals surface area contributed by atoms with E-state index in [0.29, 0.717) is 41.3 Å². The van der Waals surface area contributed by atoms with Crippen molar-refractivity contribution in [2.75, 3.05) is 0 Å². The summed E-state index contributed by atoms with van der Waals surface area (Å²) in [7, 11) is 2.49. The highest BCUT2D eigenvalue weighted by Gasteiger charge is 2.19. The van der Waals surface area contributed by atoms with E-state index >= 15 is 0 Å². The van der Waals surface area contributed by atoms with Crippen molar-refractivity contribution in [1.82, 2.24) is 5.32 Å². The third-order valence-corrected chi connectivity index (χ3v) is 4.69. The molecule has 1 aliphatic heterocycles. The Morgan fingerprint density at radius 1 is 1.24 bits per heavy atom. The largest absolute Gasteiger partial charge is 0.508 e. The van der Waals surface area contributed by atoms with Gasteiger partial charge >= 0.3 is 0 Å². The SMILES string of the molecule is Cc1c(O)cc(P)c2c1/C=C/CCC(O)C(=O)/C=C\CC(C)NC2=O. The maximum atomic E-state index is 12.7. The first-order valence-electron chi connectivity index (χ1n) is 8.29. The number of benzene rings is 1. The molecule has 0 bridgehead atoms. The van der Waals surface area contributed by atoms with Gasteiger partial charge in [0.25, 0.3) is 5.91 Å². The Morgan fingerprint density at radius 3 is 2.68 bits per heavy atom. The van der Waals surface area contributed by atoms with Gasteiger partial charge in [-0.1, -0.05) is 18.2 Å². The van der Waals surface area contributed by atoms with Crippen molar-refractivity contribution in [3.8, 4) is 5.75 Å². The van der Waals surface area contributed by atoms with Crippen LogP contribution in [-0.4, -0.2) is 34.0 Å². The Hall–Kier alpha value is -1.97. The van der Waals surface area contributed by atoms with Gasteiger partial charge in [0.05, 0.1) is 5.56 Å². The summed E-state index contributed by atoms with van der Waals surface area (Å²) in [5.41, 5.74) is 1.76. The number of fused-ring (bicyclic) bond motifs is 1. The van der Waals surface area contributed by atoms with Gasteiger partial charge in [0.2, 0.25) is 0 Å². The fourth-order valence-corrected chi connectivity index (χ4v) is 3.17. The highest BCUT2D eigenvalue weighted by Crippen LogP contribution is 2.26. The number of aliphatic hydroxyl groups excluding tert-OH is 1. The van der Waals surface area contributed by atoms with E-state index in [1.807, 2.05) is 6.92 Å². The third kappa shape index (κ3) is 4.77. The Balaban J connectivity index is 2.46. The second kappa shape index (κ2) is 8.41. The average Bonchev–Trinajstić information content (AvgIpc) is 2.54. The number of amides is 1. The first-order valence-corrected chi connectivity index (χ1v) is 8.87. The second-order valence-electron chi connectivity index (χ2n) is 6.31. The van der Waals surface area contributed by atoms with Crippen LogP contribution in [0.4, 0.5) is 0 Å². The molecular formula is C19H24NO4P. The molecule has 0 spiro atoms. The predicted octanol–water partition coefficient (Wildman–Crippen LogP) is 2.00. The van der Waals surface area contributed by atoms with Crippen molar-refractivity contribution >= 4 is 32.3 Å². The molecule has 25 heavy (non-hydrogen) atoms. The molecule has 0 radical (unpaired) electrons. The number of carbonyl (C=O) groups is 2. The molecule has 6 heteroatoms. The smallest absolute Gasteiger partial charge is 0.252 e. The minimum absolute atomic E-state index is 0.119. The zero-order chi connectivity index (χ0) is 18.6. The summed E-state index contributed by atoms with van der Waals surface area (Å²) >= 11 is 0. The number of nitrogens with one attached hydrogen (secondary N) is 1. The lowest BCUT2D eigenvalue weighted by Gasteiger charge is -2.17. The molecule has 3 atom stereocenters. The number of carbonyl (C=O) groups excluding carboxylic acids is 2. The number of ketones is 1. The van der Waals surface area contributed by atoms with Crippen LogP contribution in [0.15, 0.2) is 24.3 Å². The van der Waals surface area contributed by atoms with Gasteiger partial charge in [-0.2, -0.15) is 0 Å². The van der Waals surface area contributed by atoms with Gasteiger partial charge in [0.1, 0.15) is 11.9 Å². The number of phenols is 1. The molecule has 0 aliphatic carbocycles. The first kappa shape index (κ1) is 19.4. The van der Waals surface area contributed by atoms with Crippen molar-refractivity contribution in [2.24, 2.45) is 0 Å². The maximum Gasteiger partial charge on any atom is 0.252 e. The Bertz CT molecular complexity index is 739. The molecule has 0 saturated heterocycles. The molecular weight excluding hydrogens is 337 g/mol. The Kier molecular flexibility index (Phi) is 6.51. The normalized spacial score (nSPS) is 24.8. The lowest BCUT2D eigenvalue weighted by Crippen LogP contribution is -2.35. The lowest BCUT2D eigenvalue weighted by molar-refractivity contribution is -0.122. The van der Waals surface area contributed by atoms with Gasteiger partial charge in [-0.25, -0.2) is 0 Å². The van der Waals surface area contributed by atoms with Crippen molar-refractivity contribution in [3.05, 3.63) is 41.0 Å². The second-order valence-corrected chi connectivity index (χ2v) is 6.93. The average molecular weight is 361 g/mol. The van der Waals surface area contributed by atoms with Crippen LogP contribution in [0.1, 0.15) is 47.7 Å². The highest BCUT2D eigenvalue weighted by atomic mass is 31.0. The Labute approximate surface area is 150 Å². The molecule has 1 heterocycles. The molecule has 5 nitrogen and oxygen atoms in total. The molecule has 1 amide bonds. The van der Waals surface area contributed by atoms with Crippen LogP contribution in [-0.2, 0) is 4.79 Å². The lowest BCUT2D eigenvalue weighted by atomic mass is 9.98.